The van der Waals surface area contributed by atoms with Crippen LogP contribution in [0.5, 0.6) is 11.5 Å². The first-order valence-corrected chi connectivity index (χ1v) is 5.44. The molecule has 0 saturated heterocycles. The zero-order valence-corrected chi connectivity index (χ0v) is 10.6. The largest absolute Gasteiger partial charge is 0.493 e. The highest BCUT2D eigenvalue weighted by Crippen LogP contribution is 2.27. The monoisotopic (exact) mass is 239 g/mol. The summed E-state index contributed by atoms with van der Waals surface area (Å²) in [5.41, 5.74) is 5.30. The van der Waals surface area contributed by atoms with Gasteiger partial charge in [0.25, 0.3) is 0 Å². The van der Waals surface area contributed by atoms with Gasteiger partial charge in [-0.1, -0.05) is 38.2 Å². The first-order valence-electron chi connectivity index (χ1n) is 5.03. The van der Waals surface area contributed by atoms with Gasteiger partial charge < -0.3 is 15.2 Å². The number of rotatable bonds is 5. The highest BCUT2D eigenvalue weighted by Gasteiger charge is 2.22. The molecule has 0 saturated carbocycles. The van der Waals surface area contributed by atoms with Crippen molar-refractivity contribution in [2.45, 2.75) is 13.8 Å². The number of thiocarbonyl (C=S) groups is 1. The van der Waals surface area contributed by atoms with Crippen molar-refractivity contribution in [2.75, 3.05) is 13.7 Å². The van der Waals surface area contributed by atoms with Crippen molar-refractivity contribution in [3.05, 3.63) is 24.3 Å². The molecule has 0 aliphatic carbocycles. The molecular weight excluding hydrogens is 222 g/mol. The molecule has 88 valence electrons. The Kier molecular flexibility index (Phi) is 4.12. The van der Waals surface area contributed by atoms with E-state index in [-0.39, 0.29) is 5.41 Å². The van der Waals surface area contributed by atoms with Crippen LogP contribution in [0.2, 0.25) is 0 Å². The maximum absolute atomic E-state index is 5.66. The molecule has 1 aromatic carbocycles. The van der Waals surface area contributed by atoms with Crippen LogP contribution in [0.25, 0.3) is 0 Å². The third-order valence-corrected chi connectivity index (χ3v) is 2.88. The van der Waals surface area contributed by atoms with Crippen LogP contribution in [0.15, 0.2) is 24.3 Å². The zero-order chi connectivity index (χ0) is 12.2. The Labute approximate surface area is 102 Å². The summed E-state index contributed by atoms with van der Waals surface area (Å²) in [7, 11) is 1.61. The molecule has 4 heteroatoms. The molecule has 0 aliphatic heterocycles. The molecule has 0 radical (unpaired) electrons. The molecule has 16 heavy (non-hydrogen) atoms. The molecule has 0 bridgehead atoms. The maximum atomic E-state index is 5.66. The van der Waals surface area contributed by atoms with Crippen molar-refractivity contribution < 1.29 is 9.47 Å². The van der Waals surface area contributed by atoms with E-state index >= 15 is 0 Å². The molecule has 3 nitrogen and oxygen atoms in total. The van der Waals surface area contributed by atoms with Crippen LogP contribution in [-0.2, 0) is 0 Å². The van der Waals surface area contributed by atoms with Gasteiger partial charge in [-0.05, 0) is 12.1 Å². The quantitative estimate of drug-likeness (QED) is 0.801. The van der Waals surface area contributed by atoms with Crippen molar-refractivity contribution in [1.29, 1.82) is 0 Å². The van der Waals surface area contributed by atoms with Gasteiger partial charge in [-0.3, -0.25) is 0 Å². The van der Waals surface area contributed by atoms with Crippen molar-refractivity contribution in [3.8, 4) is 11.5 Å². The fraction of sp³-hybridized carbons (Fsp3) is 0.417. The van der Waals surface area contributed by atoms with Crippen molar-refractivity contribution in [3.63, 3.8) is 0 Å². The average Bonchev–Trinajstić information content (AvgIpc) is 2.26. The molecule has 0 amide bonds. The smallest absolute Gasteiger partial charge is 0.161 e. The van der Waals surface area contributed by atoms with Crippen molar-refractivity contribution >= 4 is 17.2 Å². The van der Waals surface area contributed by atoms with E-state index in [2.05, 4.69) is 0 Å². The topological polar surface area (TPSA) is 44.5 Å². The van der Waals surface area contributed by atoms with Crippen LogP contribution in [0.1, 0.15) is 13.8 Å². The van der Waals surface area contributed by atoms with E-state index in [4.69, 9.17) is 27.4 Å². The minimum absolute atomic E-state index is 0.323. The van der Waals surface area contributed by atoms with Gasteiger partial charge in [0, 0.05) is 5.41 Å². The predicted octanol–water partition coefficient (Wildman–Crippen LogP) is 2.39. The number of methoxy groups -OCH3 is 1. The molecule has 2 N–H and O–H groups in total. The number of hydrogen-bond donors (Lipinski definition) is 1. The van der Waals surface area contributed by atoms with Gasteiger partial charge in [-0.25, -0.2) is 0 Å². The Hall–Kier alpha value is -1.29. The van der Waals surface area contributed by atoms with Gasteiger partial charge in [0.05, 0.1) is 18.7 Å². The zero-order valence-electron chi connectivity index (χ0n) is 9.82. The number of hydrogen-bond acceptors (Lipinski definition) is 3. The molecule has 0 heterocycles. The van der Waals surface area contributed by atoms with E-state index in [0.29, 0.717) is 23.1 Å². The van der Waals surface area contributed by atoms with E-state index in [0.717, 1.165) is 0 Å². The summed E-state index contributed by atoms with van der Waals surface area (Å²) in [6, 6.07) is 7.49. The van der Waals surface area contributed by atoms with E-state index in [1.165, 1.54) is 0 Å². The van der Waals surface area contributed by atoms with E-state index in [1.54, 1.807) is 7.11 Å². The Bertz CT molecular complexity index is 377. The van der Waals surface area contributed by atoms with Crippen molar-refractivity contribution in [1.82, 2.24) is 0 Å². The Morgan fingerprint density at radius 3 is 2.38 bits per heavy atom. The molecule has 0 fully saturated rings. The Morgan fingerprint density at radius 2 is 1.88 bits per heavy atom. The first-order chi connectivity index (χ1) is 7.47. The SMILES string of the molecule is COc1ccccc1OCC(C)(C)C(N)=S. The van der Waals surface area contributed by atoms with Crippen molar-refractivity contribution in [2.24, 2.45) is 11.1 Å². The maximum Gasteiger partial charge on any atom is 0.161 e. The summed E-state index contributed by atoms with van der Waals surface area (Å²) in [6.07, 6.45) is 0. The second-order valence-corrected chi connectivity index (χ2v) is 4.63. The highest BCUT2D eigenvalue weighted by molar-refractivity contribution is 7.80. The van der Waals surface area contributed by atoms with Crippen LogP contribution in [0.3, 0.4) is 0 Å². The van der Waals surface area contributed by atoms with Gasteiger partial charge in [-0.15, -0.1) is 0 Å². The summed E-state index contributed by atoms with van der Waals surface area (Å²) >= 11 is 4.97. The van der Waals surface area contributed by atoms with E-state index < -0.39 is 0 Å². The standard InChI is InChI=1S/C12H17NO2S/c1-12(2,11(13)16)8-15-10-7-5-4-6-9(10)14-3/h4-7H,8H2,1-3H3,(H2,13,16). The lowest BCUT2D eigenvalue weighted by Gasteiger charge is -2.23. The summed E-state index contributed by atoms with van der Waals surface area (Å²) in [5.74, 6) is 1.41. The van der Waals surface area contributed by atoms with Gasteiger partial charge in [0.2, 0.25) is 0 Å². The van der Waals surface area contributed by atoms with Crippen LogP contribution < -0.4 is 15.2 Å². The number of nitrogens with two attached hydrogens (primary N) is 1. The number of benzene rings is 1. The molecule has 0 aromatic heterocycles. The average molecular weight is 239 g/mol. The lowest BCUT2D eigenvalue weighted by Crippen LogP contribution is -2.35. The minimum atomic E-state index is -0.323. The summed E-state index contributed by atoms with van der Waals surface area (Å²) in [5, 5.41) is 0. The van der Waals surface area contributed by atoms with Crippen LogP contribution >= 0.6 is 12.2 Å². The molecule has 1 rings (SSSR count). The van der Waals surface area contributed by atoms with Crippen LogP contribution in [-0.4, -0.2) is 18.7 Å². The normalized spacial score (nSPS) is 10.9. The first kappa shape index (κ1) is 12.8. The van der Waals surface area contributed by atoms with Crippen LogP contribution in [0, 0.1) is 5.41 Å². The molecular formula is C12H17NO2S. The molecule has 0 spiro atoms. The van der Waals surface area contributed by atoms with E-state index in [1.807, 2.05) is 38.1 Å². The van der Waals surface area contributed by atoms with Crippen LogP contribution in [0.4, 0.5) is 0 Å². The van der Waals surface area contributed by atoms with Gasteiger partial charge in [0.15, 0.2) is 11.5 Å². The van der Waals surface area contributed by atoms with Gasteiger partial charge in [-0.2, -0.15) is 0 Å². The summed E-state index contributed by atoms with van der Waals surface area (Å²) in [4.78, 5) is 0.447. The Morgan fingerprint density at radius 1 is 1.31 bits per heavy atom. The summed E-state index contributed by atoms with van der Waals surface area (Å²) in [6.45, 7) is 4.33. The highest BCUT2D eigenvalue weighted by atomic mass is 32.1. The fourth-order valence-corrected chi connectivity index (χ4v) is 1.13. The molecule has 1 aromatic rings. The Balaban J connectivity index is 2.71. The molecule has 0 unspecified atom stereocenters. The van der Waals surface area contributed by atoms with Gasteiger partial charge >= 0.3 is 0 Å². The second kappa shape index (κ2) is 5.16. The minimum Gasteiger partial charge on any atom is -0.493 e. The van der Waals surface area contributed by atoms with E-state index in [9.17, 15) is 0 Å². The molecule has 0 atom stereocenters. The fourth-order valence-electron chi connectivity index (χ4n) is 1.07. The van der Waals surface area contributed by atoms with Gasteiger partial charge in [0.1, 0.15) is 0 Å². The third-order valence-electron chi connectivity index (χ3n) is 2.32. The third kappa shape index (κ3) is 3.10. The predicted molar refractivity (Wildman–Crippen MR) is 69.1 cm³/mol. The second-order valence-electron chi connectivity index (χ2n) is 4.19. The lowest BCUT2D eigenvalue weighted by molar-refractivity contribution is 0.227. The number of para-hydroxylation sites is 2. The summed E-state index contributed by atoms with van der Waals surface area (Å²) < 4.78 is 10.8. The lowest BCUT2D eigenvalue weighted by atomic mass is 9.95. The molecule has 0 aliphatic rings. The number of ether oxygens (including phenoxy) is 2.